The minimum absolute atomic E-state index is 0.0183. The van der Waals surface area contributed by atoms with E-state index in [4.69, 9.17) is 5.73 Å². The summed E-state index contributed by atoms with van der Waals surface area (Å²) >= 11 is 0. The van der Waals surface area contributed by atoms with E-state index in [9.17, 15) is 4.79 Å². The minimum Gasteiger partial charge on any atom is -0.351 e. The first-order valence-corrected chi connectivity index (χ1v) is 9.60. The molecule has 0 unspecified atom stereocenters. The summed E-state index contributed by atoms with van der Waals surface area (Å²) in [7, 11) is 0. The van der Waals surface area contributed by atoms with Crippen molar-refractivity contribution in [2.75, 3.05) is 6.54 Å². The van der Waals surface area contributed by atoms with Gasteiger partial charge < -0.3 is 11.1 Å². The van der Waals surface area contributed by atoms with Gasteiger partial charge >= 0.3 is 0 Å². The highest BCUT2D eigenvalue weighted by atomic mass is 16.1. The van der Waals surface area contributed by atoms with E-state index in [0.717, 1.165) is 35.5 Å². The molecule has 6 rings (SSSR count). The molecule has 132 valence electrons. The zero-order chi connectivity index (χ0) is 17.0. The lowest BCUT2D eigenvalue weighted by Crippen LogP contribution is -2.51. The first-order valence-electron chi connectivity index (χ1n) is 9.60. The molecule has 0 aromatic carbocycles. The van der Waals surface area contributed by atoms with Crippen LogP contribution in [0.3, 0.4) is 0 Å². The molecule has 0 atom stereocenters. The Morgan fingerprint density at radius 3 is 2.56 bits per heavy atom. The van der Waals surface area contributed by atoms with Gasteiger partial charge in [0.1, 0.15) is 0 Å². The van der Waals surface area contributed by atoms with Gasteiger partial charge in [-0.25, -0.2) is 4.52 Å². The van der Waals surface area contributed by atoms with Crippen LogP contribution in [0.1, 0.15) is 54.6 Å². The van der Waals surface area contributed by atoms with E-state index in [1.807, 2.05) is 24.4 Å². The molecule has 4 aliphatic carbocycles. The summed E-state index contributed by atoms with van der Waals surface area (Å²) in [4.78, 5) is 12.9. The van der Waals surface area contributed by atoms with Gasteiger partial charge in [0.2, 0.25) is 0 Å². The van der Waals surface area contributed by atoms with Gasteiger partial charge in [0, 0.05) is 19.3 Å². The molecule has 4 saturated carbocycles. The number of amides is 1. The van der Waals surface area contributed by atoms with Crippen LogP contribution in [0.25, 0.3) is 5.52 Å². The topological polar surface area (TPSA) is 72.4 Å². The molecule has 5 heteroatoms. The van der Waals surface area contributed by atoms with Crippen molar-refractivity contribution in [1.29, 1.82) is 0 Å². The monoisotopic (exact) mass is 338 g/mol. The fourth-order valence-corrected chi connectivity index (χ4v) is 6.23. The van der Waals surface area contributed by atoms with Crippen molar-refractivity contribution in [3.63, 3.8) is 0 Å². The summed E-state index contributed by atoms with van der Waals surface area (Å²) < 4.78 is 1.75. The van der Waals surface area contributed by atoms with E-state index in [-0.39, 0.29) is 5.91 Å². The molecule has 3 N–H and O–H groups in total. The number of rotatable bonds is 4. The maximum atomic E-state index is 12.9. The van der Waals surface area contributed by atoms with E-state index >= 15 is 0 Å². The van der Waals surface area contributed by atoms with Crippen LogP contribution in [0.2, 0.25) is 0 Å². The molecular formula is C20H26N4O. The highest BCUT2D eigenvalue weighted by Gasteiger charge is 2.50. The number of hydrogen-bond donors (Lipinski definition) is 2. The van der Waals surface area contributed by atoms with Crippen LogP contribution in [0, 0.1) is 23.2 Å². The van der Waals surface area contributed by atoms with Crippen molar-refractivity contribution in [2.45, 2.75) is 45.1 Å². The highest BCUT2D eigenvalue weighted by molar-refractivity contribution is 6.00. The Balaban J connectivity index is 1.35. The number of nitrogens with zero attached hydrogens (tertiary/aromatic N) is 2. The normalized spacial score (nSPS) is 33.1. The number of nitrogens with one attached hydrogen (secondary N) is 1. The Morgan fingerprint density at radius 2 is 1.92 bits per heavy atom. The fraction of sp³-hybridized carbons (Fsp3) is 0.600. The van der Waals surface area contributed by atoms with E-state index in [1.165, 1.54) is 38.5 Å². The molecule has 25 heavy (non-hydrogen) atoms. The Bertz CT molecular complexity index is 789. The van der Waals surface area contributed by atoms with Crippen molar-refractivity contribution in [3.8, 4) is 0 Å². The molecule has 4 bridgehead atoms. The van der Waals surface area contributed by atoms with Gasteiger partial charge in [-0.05, 0) is 79.9 Å². The van der Waals surface area contributed by atoms with Crippen molar-refractivity contribution in [2.24, 2.45) is 28.9 Å². The van der Waals surface area contributed by atoms with Crippen molar-refractivity contribution in [3.05, 3.63) is 35.7 Å². The Labute approximate surface area is 148 Å². The van der Waals surface area contributed by atoms with Crippen LogP contribution in [0.15, 0.2) is 24.4 Å². The average Bonchev–Trinajstić information content (AvgIpc) is 3.02. The van der Waals surface area contributed by atoms with Gasteiger partial charge in [0.05, 0.1) is 16.8 Å². The second-order valence-corrected chi connectivity index (χ2v) is 8.69. The molecule has 1 amide bonds. The van der Waals surface area contributed by atoms with Gasteiger partial charge in [-0.15, -0.1) is 0 Å². The van der Waals surface area contributed by atoms with Crippen molar-refractivity contribution in [1.82, 2.24) is 14.9 Å². The van der Waals surface area contributed by atoms with Gasteiger partial charge in [-0.3, -0.25) is 4.79 Å². The van der Waals surface area contributed by atoms with Crippen LogP contribution in [-0.4, -0.2) is 22.1 Å². The van der Waals surface area contributed by atoms with Crippen molar-refractivity contribution < 1.29 is 4.79 Å². The molecule has 0 spiro atoms. The summed E-state index contributed by atoms with van der Waals surface area (Å²) in [5.74, 6) is 2.75. The molecule has 4 fully saturated rings. The van der Waals surface area contributed by atoms with Gasteiger partial charge in [-0.2, -0.15) is 5.10 Å². The SMILES string of the molecule is NCc1cc2c(C(=O)NCC34CC5CC(CC(C5)C3)C4)cccn2n1. The molecule has 2 heterocycles. The zero-order valence-corrected chi connectivity index (χ0v) is 14.6. The predicted molar refractivity (Wildman–Crippen MR) is 96.0 cm³/mol. The largest absolute Gasteiger partial charge is 0.351 e. The lowest BCUT2D eigenvalue weighted by Gasteiger charge is -2.56. The third kappa shape index (κ3) is 2.56. The summed E-state index contributed by atoms with van der Waals surface area (Å²) in [6.45, 7) is 1.21. The molecule has 0 radical (unpaired) electrons. The van der Waals surface area contributed by atoms with Crippen LogP contribution >= 0.6 is 0 Å². The third-order valence-corrected chi connectivity index (χ3v) is 6.80. The molecule has 5 nitrogen and oxygen atoms in total. The Kier molecular flexibility index (Phi) is 3.42. The number of hydrogen-bond acceptors (Lipinski definition) is 3. The van der Waals surface area contributed by atoms with E-state index in [2.05, 4.69) is 10.4 Å². The van der Waals surface area contributed by atoms with E-state index < -0.39 is 0 Å². The lowest BCUT2D eigenvalue weighted by molar-refractivity contribution is -0.0503. The molecule has 2 aromatic heterocycles. The van der Waals surface area contributed by atoms with Crippen LogP contribution < -0.4 is 11.1 Å². The number of aromatic nitrogens is 2. The molecule has 0 aliphatic heterocycles. The van der Waals surface area contributed by atoms with Crippen molar-refractivity contribution >= 4 is 11.4 Å². The molecule has 2 aromatic rings. The minimum atomic E-state index is 0.0183. The zero-order valence-electron chi connectivity index (χ0n) is 14.6. The van der Waals surface area contributed by atoms with Crippen LogP contribution in [-0.2, 0) is 6.54 Å². The molecular weight excluding hydrogens is 312 g/mol. The summed E-state index contributed by atoms with van der Waals surface area (Å²) in [5, 5.41) is 7.66. The third-order valence-electron chi connectivity index (χ3n) is 6.80. The average molecular weight is 338 g/mol. The van der Waals surface area contributed by atoms with Gasteiger partial charge in [-0.1, -0.05) is 0 Å². The van der Waals surface area contributed by atoms with Crippen LogP contribution in [0.5, 0.6) is 0 Å². The number of pyridine rings is 1. The first-order chi connectivity index (χ1) is 12.1. The number of carbonyl (C=O) groups is 1. The summed E-state index contributed by atoms with van der Waals surface area (Å²) in [6, 6.07) is 5.67. The Hall–Kier alpha value is -1.88. The Morgan fingerprint density at radius 1 is 1.24 bits per heavy atom. The van der Waals surface area contributed by atoms with Gasteiger partial charge in [0.25, 0.3) is 5.91 Å². The second-order valence-electron chi connectivity index (χ2n) is 8.69. The number of nitrogens with two attached hydrogens (primary N) is 1. The summed E-state index contributed by atoms with van der Waals surface area (Å²) in [5.41, 5.74) is 8.39. The van der Waals surface area contributed by atoms with E-state index in [0.29, 0.717) is 17.5 Å². The second kappa shape index (κ2) is 5.56. The fourth-order valence-electron chi connectivity index (χ4n) is 6.23. The standard InChI is InChI=1S/C20H26N4O/c21-11-16-7-18-17(2-1-3-24(18)23-16)19(25)22-12-20-8-13-4-14(9-20)6-15(5-13)10-20/h1-3,7,13-15H,4-6,8-12,21H2,(H,22,25). The predicted octanol–water partition coefficient (Wildman–Crippen LogP) is 2.74. The van der Waals surface area contributed by atoms with Gasteiger partial charge in [0.15, 0.2) is 0 Å². The highest BCUT2D eigenvalue weighted by Crippen LogP contribution is 2.59. The maximum Gasteiger partial charge on any atom is 0.253 e. The molecule has 0 saturated heterocycles. The maximum absolute atomic E-state index is 12.9. The number of carbonyl (C=O) groups excluding carboxylic acids is 1. The van der Waals surface area contributed by atoms with Crippen LogP contribution in [0.4, 0.5) is 0 Å². The first kappa shape index (κ1) is 15.4. The summed E-state index contributed by atoms with van der Waals surface area (Å²) in [6.07, 6.45) is 10.1. The smallest absolute Gasteiger partial charge is 0.253 e. The van der Waals surface area contributed by atoms with E-state index in [1.54, 1.807) is 4.52 Å². The quantitative estimate of drug-likeness (QED) is 0.900. The molecule has 4 aliphatic rings. The number of fused-ring (bicyclic) bond motifs is 1. The lowest BCUT2D eigenvalue weighted by atomic mass is 9.49.